The lowest BCUT2D eigenvalue weighted by Gasteiger charge is -2.28. The van der Waals surface area contributed by atoms with Crippen LogP contribution in [0, 0.1) is 0 Å². The monoisotopic (exact) mass is 397 g/mol. The normalized spacial score (nSPS) is 18.4. The Morgan fingerprint density at radius 1 is 1.19 bits per heavy atom. The number of nitrogens with one attached hydrogen (secondary N) is 1. The fraction of sp³-hybridized carbons (Fsp3) is 0.556. The minimum Gasteiger partial charge on any atom is -0.508 e. The first-order valence-corrected chi connectivity index (χ1v) is 10.7. The molecule has 2 N–H and O–H groups in total. The molecule has 1 fully saturated rings. The van der Waals surface area contributed by atoms with Gasteiger partial charge in [0.25, 0.3) is 0 Å². The fourth-order valence-corrected chi connectivity index (χ4v) is 4.70. The third kappa shape index (κ3) is 6.51. The van der Waals surface area contributed by atoms with E-state index in [1.165, 1.54) is 4.90 Å². The third-order valence-corrected chi connectivity index (χ3v) is 6.28. The average Bonchev–Trinajstić information content (AvgIpc) is 2.96. The van der Waals surface area contributed by atoms with E-state index < -0.39 is 27.7 Å². The maximum Gasteiger partial charge on any atom is 0.312 e. The van der Waals surface area contributed by atoms with Crippen LogP contribution in [0.15, 0.2) is 24.3 Å². The van der Waals surface area contributed by atoms with Gasteiger partial charge in [0.1, 0.15) is 5.75 Å². The average molecular weight is 397 g/mol. The molecular formula is C18H27N3O5S. The van der Waals surface area contributed by atoms with Crippen LogP contribution in [-0.2, 0) is 25.8 Å². The molecule has 1 saturated heterocycles. The molecule has 0 aliphatic carbocycles. The summed E-state index contributed by atoms with van der Waals surface area (Å²) < 4.78 is 23.5. The Bertz CT molecular complexity index is 762. The van der Waals surface area contributed by atoms with E-state index in [2.05, 4.69) is 5.32 Å². The van der Waals surface area contributed by atoms with Crippen molar-refractivity contribution in [2.24, 2.45) is 0 Å². The van der Waals surface area contributed by atoms with E-state index in [0.29, 0.717) is 25.9 Å². The van der Waals surface area contributed by atoms with Crippen LogP contribution in [-0.4, -0.2) is 86.4 Å². The summed E-state index contributed by atoms with van der Waals surface area (Å²) >= 11 is 0. The Morgan fingerprint density at radius 3 is 2.41 bits per heavy atom. The van der Waals surface area contributed by atoms with E-state index in [9.17, 15) is 23.1 Å². The summed E-state index contributed by atoms with van der Waals surface area (Å²) in [5, 5.41) is 11.9. The van der Waals surface area contributed by atoms with Crippen molar-refractivity contribution in [3.8, 4) is 5.75 Å². The molecule has 0 spiro atoms. The number of hydrogen-bond donors (Lipinski definition) is 2. The van der Waals surface area contributed by atoms with Gasteiger partial charge in [0.05, 0.1) is 11.5 Å². The van der Waals surface area contributed by atoms with Gasteiger partial charge in [-0.25, -0.2) is 8.42 Å². The Balaban J connectivity index is 1.94. The van der Waals surface area contributed by atoms with Crippen LogP contribution in [0.1, 0.15) is 12.0 Å². The van der Waals surface area contributed by atoms with E-state index in [-0.39, 0.29) is 23.8 Å². The maximum atomic E-state index is 12.6. The number of carbonyl (C=O) groups is 2. The van der Waals surface area contributed by atoms with Crippen molar-refractivity contribution in [1.29, 1.82) is 0 Å². The lowest BCUT2D eigenvalue weighted by Crippen LogP contribution is -2.50. The van der Waals surface area contributed by atoms with E-state index in [0.717, 1.165) is 5.56 Å². The number of rotatable bonds is 7. The predicted molar refractivity (Wildman–Crippen MR) is 102 cm³/mol. The van der Waals surface area contributed by atoms with Crippen molar-refractivity contribution < 1.29 is 23.1 Å². The predicted octanol–water partition coefficient (Wildman–Crippen LogP) is -0.372. The number of carbonyl (C=O) groups excluding carboxylic acids is 2. The highest BCUT2D eigenvalue weighted by molar-refractivity contribution is 7.91. The summed E-state index contributed by atoms with van der Waals surface area (Å²) in [4.78, 5) is 28.2. The van der Waals surface area contributed by atoms with Crippen molar-refractivity contribution in [2.45, 2.75) is 18.9 Å². The molecule has 1 aromatic rings. The molecule has 27 heavy (non-hydrogen) atoms. The van der Waals surface area contributed by atoms with Crippen LogP contribution in [0.2, 0.25) is 0 Å². The summed E-state index contributed by atoms with van der Waals surface area (Å²) in [7, 11) is 0.551. The molecule has 150 valence electrons. The second-order valence-electron chi connectivity index (χ2n) is 7.03. The van der Waals surface area contributed by atoms with Gasteiger partial charge >= 0.3 is 11.8 Å². The highest BCUT2D eigenvalue weighted by atomic mass is 32.2. The van der Waals surface area contributed by atoms with E-state index >= 15 is 0 Å². The Hall–Kier alpha value is -2.13. The number of aromatic hydroxyl groups is 1. The molecule has 1 aromatic carbocycles. The van der Waals surface area contributed by atoms with Gasteiger partial charge in [0, 0.05) is 25.7 Å². The van der Waals surface area contributed by atoms with Gasteiger partial charge in [0.2, 0.25) is 0 Å². The minimum atomic E-state index is -3.15. The van der Waals surface area contributed by atoms with Crippen LogP contribution < -0.4 is 5.32 Å². The van der Waals surface area contributed by atoms with Crippen molar-refractivity contribution in [1.82, 2.24) is 15.1 Å². The van der Waals surface area contributed by atoms with Gasteiger partial charge in [-0.3, -0.25) is 9.59 Å². The second-order valence-corrected chi connectivity index (χ2v) is 9.26. The molecule has 1 atom stereocenters. The van der Waals surface area contributed by atoms with E-state index in [1.807, 2.05) is 19.0 Å². The van der Waals surface area contributed by atoms with Gasteiger partial charge in [-0.05, 0) is 44.6 Å². The Labute approximate surface area is 160 Å². The van der Waals surface area contributed by atoms with Crippen molar-refractivity contribution in [2.75, 3.05) is 45.2 Å². The number of phenols is 1. The molecule has 1 aliphatic rings. The molecule has 1 unspecified atom stereocenters. The van der Waals surface area contributed by atoms with Crippen molar-refractivity contribution in [3.05, 3.63) is 29.8 Å². The molecule has 9 heteroatoms. The van der Waals surface area contributed by atoms with Crippen LogP contribution in [0.4, 0.5) is 0 Å². The van der Waals surface area contributed by atoms with Crippen molar-refractivity contribution >= 4 is 21.7 Å². The molecule has 0 aromatic heterocycles. The summed E-state index contributed by atoms with van der Waals surface area (Å²) in [5.74, 6) is -1.29. The van der Waals surface area contributed by atoms with Crippen LogP contribution >= 0.6 is 0 Å². The molecule has 0 bridgehead atoms. The van der Waals surface area contributed by atoms with Crippen LogP contribution in [0.3, 0.4) is 0 Å². The largest absolute Gasteiger partial charge is 0.508 e. The number of amides is 2. The highest BCUT2D eigenvalue weighted by Gasteiger charge is 2.36. The smallest absolute Gasteiger partial charge is 0.312 e. The quantitative estimate of drug-likeness (QED) is 0.608. The molecule has 2 rings (SSSR count). The number of benzene rings is 1. The zero-order valence-corrected chi connectivity index (χ0v) is 16.5. The molecule has 2 amide bonds. The van der Waals surface area contributed by atoms with E-state index in [1.54, 1.807) is 24.3 Å². The maximum absolute atomic E-state index is 12.6. The molecule has 1 aliphatic heterocycles. The van der Waals surface area contributed by atoms with Gasteiger partial charge in [-0.2, -0.15) is 0 Å². The Morgan fingerprint density at radius 2 is 1.85 bits per heavy atom. The fourth-order valence-electron chi connectivity index (χ4n) is 2.97. The Kier molecular flexibility index (Phi) is 7.20. The number of hydrogen-bond acceptors (Lipinski definition) is 6. The number of nitrogens with zero attached hydrogens (tertiary/aromatic N) is 2. The van der Waals surface area contributed by atoms with Gasteiger partial charge in [-0.15, -0.1) is 0 Å². The molecular weight excluding hydrogens is 370 g/mol. The first-order valence-electron chi connectivity index (χ1n) is 8.90. The second kappa shape index (κ2) is 9.18. The van der Waals surface area contributed by atoms with Gasteiger partial charge in [0.15, 0.2) is 9.84 Å². The van der Waals surface area contributed by atoms with E-state index in [4.69, 9.17) is 0 Å². The highest BCUT2D eigenvalue weighted by Crippen LogP contribution is 2.18. The molecule has 1 heterocycles. The number of likely N-dealkylation sites (N-methyl/N-ethyl adjacent to an activating group) is 1. The molecule has 0 radical (unpaired) electrons. The lowest BCUT2D eigenvalue weighted by atomic mass is 10.1. The van der Waals surface area contributed by atoms with Gasteiger partial charge in [-0.1, -0.05) is 12.1 Å². The molecule has 0 saturated carbocycles. The summed E-state index contributed by atoms with van der Waals surface area (Å²) in [5.41, 5.74) is 0.923. The summed E-state index contributed by atoms with van der Waals surface area (Å²) in [6.45, 7) is 1.13. The zero-order chi connectivity index (χ0) is 20.0. The van der Waals surface area contributed by atoms with Gasteiger partial charge < -0.3 is 20.2 Å². The first-order chi connectivity index (χ1) is 12.7. The third-order valence-electron chi connectivity index (χ3n) is 4.53. The summed E-state index contributed by atoms with van der Waals surface area (Å²) in [6, 6.07) is 6.16. The zero-order valence-electron chi connectivity index (χ0n) is 15.7. The standard InChI is InChI=1S/C18H27N3O5S/c1-20(2)10-11-21(15-8-12-27(25,26)13-15)18(24)17(23)19-9-7-14-3-5-16(22)6-4-14/h3-6,15,22H,7-13H2,1-2H3,(H,19,23). The SMILES string of the molecule is CN(C)CCN(C(=O)C(=O)NCCc1ccc(O)cc1)C1CCS(=O)(=O)C1. The number of phenolic OH excluding ortho intramolecular Hbond substituents is 1. The number of sulfone groups is 1. The minimum absolute atomic E-state index is 0.0475. The van der Waals surface area contributed by atoms with Crippen LogP contribution in [0.25, 0.3) is 0 Å². The van der Waals surface area contributed by atoms with Crippen molar-refractivity contribution in [3.63, 3.8) is 0 Å². The molecule has 8 nitrogen and oxygen atoms in total. The topological polar surface area (TPSA) is 107 Å². The van der Waals surface area contributed by atoms with Crippen LogP contribution in [0.5, 0.6) is 5.75 Å². The summed E-state index contributed by atoms with van der Waals surface area (Å²) in [6.07, 6.45) is 0.886. The first kappa shape index (κ1) is 21.2. The lowest BCUT2D eigenvalue weighted by molar-refractivity contribution is -0.147.